The SMILES string of the molecule is COc1ccc(N2CCN(CC(=O)N(C)Cc3ccccc3C)CC2)cc1. The molecular weight excluding hydrogens is 338 g/mol. The van der Waals surface area contributed by atoms with Gasteiger partial charge in [0.15, 0.2) is 0 Å². The van der Waals surface area contributed by atoms with Crippen molar-refractivity contribution < 1.29 is 9.53 Å². The van der Waals surface area contributed by atoms with Crippen molar-refractivity contribution in [2.45, 2.75) is 13.5 Å². The summed E-state index contributed by atoms with van der Waals surface area (Å²) < 4.78 is 5.22. The lowest BCUT2D eigenvalue weighted by molar-refractivity contribution is -0.131. The molecule has 1 fully saturated rings. The summed E-state index contributed by atoms with van der Waals surface area (Å²) in [5.74, 6) is 1.05. The standard InChI is InChI=1S/C22H29N3O2/c1-18-6-4-5-7-19(18)16-23(2)22(26)17-24-12-14-25(15-13-24)20-8-10-21(27-3)11-9-20/h4-11H,12-17H2,1-3H3. The fraction of sp³-hybridized carbons (Fsp3) is 0.409. The second kappa shape index (κ2) is 8.91. The van der Waals surface area contributed by atoms with Crippen LogP contribution in [0.5, 0.6) is 5.75 Å². The number of ether oxygens (including phenoxy) is 1. The maximum atomic E-state index is 12.6. The maximum absolute atomic E-state index is 12.6. The summed E-state index contributed by atoms with van der Waals surface area (Å²) in [4.78, 5) is 19.0. The number of carbonyl (C=O) groups excluding carboxylic acids is 1. The van der Waals surface area contributed by atoms with Crippen LogP contribution in [0.4, 0.5) is 5.69 Å². The first-order valence-electron chi connectivity index (χ1n) is 9.46. The van der Waals surface area contributed by atoms with Gasteiger partial charge in [-0.3, -0.25) is 9.69 Å². The second-order valence-electron chi connectivity index (χ2n) is 7.14. The molecule has 5 heteroatoms. The quantitative estimate of drug-likeness (QED) is 0.787. The number of anilines is 1. The molecule has 1 aliphatic rings. The molecule has 2 aromatic carbocycles. The third-order valence-corrected chi connectivity index (χ3v) is 5.26. The van der Waals surface area contributed by atoms with Gasteiger partial charge in [0.25, 0.3) is 0 Å². The predicted octanol–water partition coefficient (Wildman–Crippen LogP) is 2.78. The molecule has 0 spiro atoms. The average molecular weight is 367 g/mol. The number of hydrogen-bond donors (Lipinski definition) is 0. The molecule has 0 N–H and O–H groups in total. The third kappa shape index (κ3) is 5.01. The Morgan fingerprint density at radius 1 is 1.04 bits per heavy atom. The van der Waals surface area contributed by atoms with E-state index >= 15 is 0 Å². The molecule has 0 aromatic heterocycles. The van der Waals surface area contributed by atoms with Crippen molar-refractivity contribution in [2.24, 2.45) is 0 Å². The maximum Gasteiger partial charge on any atom is 0.236 e. The van der Waals surface area contributed by atoms with Crippen LogP contribution in [-0.2, 0) is 11.3 Å². The first-order valence-corrected chi connectivity index (χ1v) is 9.46. The lowest BCUT2D eigenvalue weighted by Crippen LogP contribution is -2.49. The molecule has 1 amide bonds. The minimum absolute atomic E-state index is 0.177. The largest absolute Gasteiger partial charge is 0.497 e. The summed E-state index contributed by atoms with van der Waals surface area (Å²) in [5, 5.41) is 0. The van der Waals surface area contributed by atoms with E-state index in [-0.39, 0.29) is 5.91 Å². The van der Waals surface area contributed by atoms with E-state index in [0.717, 1.165) is 31.9 Å². The number of rotatable bonds is 6. The Morgan fingerprint density at radius 3 is 2.33 bits per heavy atom. The average Bonchev–Trinajstić information content (AvgIpc) is 2.70. The van der Waals surface area contributed by atoms with Gasteiger partial charge in [0.1, 0.15) is 5.75 Å². The van der Waals surface area contributed by atoms with E-state index in [4.69, 9.17) is 4.74 Å². The lowest BCUT2D eigenvalue weighted by atomic mass is 10.1. The van der Waals surface area contributed by atoms with E-state index in [9.17, 15) is 4.79 Å². The zero-order valence-corrected chi connectivity index (χ0v) is 16.5. The van der Waals surface area contributed by atoms with Crippen LogP contribution in [0.25, 0.3) is 0 Å². The van der Waals surface area contributed by atoms with Crippen LogP contribution >= 0.6 is 0 Å². The highest BCUT2D eigenvalue weighted by Crippen LogP contribution is 2.20. The van der Waals surface area contributed by atoms with Crippen molar-refractivity contribution in [1.29, 1.82) is 0 Å². The molecule has 0 unspecified atom stereocenters. The highest BCUT2D eigenvalue weighted by molar-refractivity contribution is 5.78. The Labute approximate surface area is 162 Å². The summed E-state index contributed by atoms with van der Waals surface area (Å²) in [5.41, 5.74) is 3.64. The van der Waals surface area contributed by atoms with E-state index in [1.807, 2.05) is 36.2 Å². The van der Waals surface area contributed by atoms with Crippen LogP contribution in [0.1, 0.15) is 11.1 Å². The number of piperazine rings is 1. The summed E-state index contributed by atoms with van der Waals surface area (Å²) in [6.07, 6.45) is 0. The van der Waals surface area contributed by atoms with Crippen molar-refractivity contribution in [2.75, 3.05) is 51.8 Å². The molecule has 0 saturated carbocycles. The summed E-state index contributed by atoms with van der Waals surface area (Å²) >= 11 is 0. The number of aryl methyl sites for hydroxylation is 1. The summed E-state index contributed by atoms with van der Waals surface area (Å²) in [7, 11) is 3.57. The number of likely N-dealkylation sites (N-methyl/N-ethyl adjacent to an activating group) is 1. The second-order valence-corrected chi connectivity index (χ2v) is 7.14. The van der Waals surface area contributed by atoms with E-state index in [2.05, 4.69) is 41.0 Å². The minimum Gasteiger partial charge on any atom is -0.497 e. The molecule has 2 aromatic rings. The van der Waals surface area contributed by atoms with Gasteiger partial charge in [0, 0.05) is 45.5 Å². The number of hydrogen-bond acceptors (Lipinski definition) is 4. The van der Waals surface area contributed by atoms with Crippen molar-refractivity contribution in [1.82, 2.24) is 9.80 Å². The van der Waals surface area contributed by atoms with Crippen LogP contribution in [0.3, 0.4) is 0 Å². The van der Waals surface area contributed by atoms with Gasteiger partial charge >= 0.3 is 0 Å². The van der Waals surface area contributed by atoms with E-state index in [0.29, 0.717) is 13.1 Å². The van der Waals surface area contributed by atoms with Gasteiger partial charge in [-0.1, -0.05) is 24.3 Å². The minimum atomic E-state index is 0.177. The molecule has 0 aliphatic carbocycles. The molecule has 1 saturated heterocycles. The molecular formula is C22H29N3O2. The Hall–Kier alpha value is -2.53. The molecule has 0 atom stereocenters. The normalized spacial score (nSPS) is 14.9. The fourth-order valence-corrected chi connectivity index (χ4v) is 3.40. The zero-order chi connectivity index (χ0) is 19.2. The molecule has 3 rings (SSSR count). The van der Waals surface area contributed by atoms with Crippen molar-refractivity contribution in [3.05, 3.63) is 59.7 Å². The Bertz CT molecular complexity index is 752. The molecule has 1 aliphatic heterocycles. The van der Waals surface area contributed by atoms with E-state index in [1.165, 1.54) is 16.8 Å². The molecule has 144 valence electrons. The first kappa shape index (κ1) is 19.2. The van der Waals surface area contributed by atoms with E-state index in [1.54, 1.807) is 7.11 Å². The molecule has 1 heterocycles. The highest BCUT2D eigenvalue weighted by Gasteiger charge is 2.21. The molecule has 0 radical (unpaired) electrons. The predicted molar refractivity (Wildman–Crippen MR) is 109 cm³/mol. The van der Waals surface area contributed by atoms with E-state index < -0.39 is 0 Å². The van der Waals surface area contributed by atoms with Gasteiger partial charge in [0.05, 0.1) is 13.7 Å². The van der Waals surface area contributed by atoms with Crippen LogP contribution < -0.4 is 9.64 Å². The molecule has 27 heavy (non-hydrogen) atoms. The Morgan fingerprint density at radius 2 is 1.70 bits per heavy atom. The van der Waals surface area contributed by atoms with Crippen molar-refractivity contribution in [3.63, 3.8) is 0 Å². The first-order chi connectivity index (χ1) is 13.1. The summed E-state index contributed by atoms with van der Waals surface area (Å²) in [6.45, 7) is 6.90. The highest BCUT2D eigenvalue weighted by atomic mass is 16.5. The third-order valence-electron chi connectivity index (χ3n) is 5.26. The van der Waals surface area contributed by atoms with Gasteiger partial charge < -0.3 is 14.5 Å². The van der Waals surface area contributed by atoms with Gasteiger partial charge in [0.2, 0.25) is 5.91 Å². The fourth-order valence-electron chi connectivity index (χ4n) is 3.40. The van der Waals surface area contributed by atoms with Crippen LogP contribution in [0, 0.1) is 6.92 Å². The van der Waals surface area contributed by atoms with Gasteiger partial charge in [-0.15, -0.1) is 0 Å². The number of amides is 1. The topological polar surface area (TPSA) is 36.0 Å². The van der Waals surface area contributed by atoms with Crippen LogP contribution in [-0.4, -0.2) is 62.6 Å². The van der Waals surface area contributed by atoms with Crippen molar-refractivity contribution in [3.8, 4) is 5.75 Å². The van der Waals surface area contributed by atoms with Crippen LogP contribution in [0.15, 0.2) is 48.5 Å². The Kier molecular flexibility index (Phi) is 6.35. The molecule has 5 nitrogen and oxygen atoms in total. The number of benzene rings is 2. The monoisotopic (exact) mass is 367 g/mol. The van der Waals surface area contributed by atoms with Crippen molar-refractivity contribution >= 4 is 11.6 Å². The zero-order valence-electron chi connectivity index (χ0n) is 16.5. The summed E-state index contributed by atoms with van der Waals surface area (Å²) in [6, 6.07) is 16.4. The van der Waals surface area contributed by atoms with Crippen LogP contribution in [0.2, 0.25) is 0 Å². The molecule has 0 bridgehead atoms. The smallest absolute Gasteiger partial charge is 0.236 e. The Balaban J connectivity index is 1.48. The van der Waals surface area contributed by atoms with Gasteiger partial charge in [-0.2, -0.15) is 0 Å². The van der Waals surface area contributed by atoms with Gasteiger partial charge in [-0.05, 0) is 42.3 Å². The number of nitrogens with zero attached hydrogens (tertiary/aromatic N) is 3. The van der Waals surface area contributed by atoms with Gasteiger partial charge in [-0.25, -0.2) is 0 Å². The lowest BCUT2D eigenvalue weighted by Gasteiger charge is -2.36. The number of methoxy groups -OCH3 is 1. The number of carbonyl (C=O) groups is 1.